The summed E-state index contributed by atoms with van der Waals surface area (Å²) in [5, 5.41) is 60.2. The van der Waals surface area contributed by atoms with Crippen LogP contribution in [-0.4, -0.2) is 67.8 Å². The second-order valence-electron chi connectivity index (χ2n) is 9.49. The molecule has 0 saturated heterocycles. The van der Waals surface area contributed by atoms with Crippen LogP contribution in [0.3, 0.4) is 0 Å². The standard InChI is InChI=1S/C26H32F6O6/c1-14(8-9-15-4-2-6-17(10-15)25(27,28)29)19(12-16-5-3-7-18(11-16)26(30,31)32)21(35)23(37)24(38)22(36)20(34)13-33/h2-7,10-11,14,19-24,33-38H,8-9,12-13H2,1H3/t14?,19?,20-,21?,22+,23+,24-/m0/s1. The van der Waals surface area contributed by atoms with Crippen molar-refractivity contribution in [3.8, 4) is 0 Å². The van der Waals surface area contributed by atoms with E-state index in [4.69, 9.17) is 5.11 Å². The number of benzene rings is 2. The van der Waals surface area contributed by atoms with Gasteiger partial charge < -0.3 is 30.6 Å². The molecule has 3 unspecified atom stereocenters. The smallest absolute Gasteiger partial charge is 0.394 e. The van der Waals surface area contributed by atoms with Gasteiger partial charge in [0.25, 0.3) is 0 Å². The summed E-state index contributed by atoms with van der Waals surface area (Å²) in [5.41, 5.74) is -1.31. The number of rotatable bonds is 12. The van der Waals surface area contributed by atoms with Crippen LogP contribution in [0.15, 0.2) is 48.5 Å². The maximum atomic E-state index is 13.2. The van der Waals surface area contributed by atoms with E-state index in [1.807, 2.05) is 0 Å². The van der Waals surface area contributed by atoms with Crippen LogP contribution in [0.2, 0.25) is 0 Å². The zero-order valence-electron chi connectivity index (χ0n) is 20.4. The minimum absolute atomic E-state index is 0.112. The lowest BCUT2D eigenvalue weighted by atomic mass is 9.77. The molecule has 2 aromatic carbocycles. The Bertz CT molecular complexity index is 1010. The number of hydrogen-bond acceptors (Lipinski definition) is 6. The molecule has 0 fully saturated rings. The molecule has 0 bridgehead atoms. The van der Waals surface area contributed by atoms with Gasteiger partial charge in [-0.25, -0.2) is 0 Å². The van der Waals surface area contributed by atoms with Crippen molar-refractivity contribution in [3.63, 3.8) is 0 Å². The van der Waals surface area contributed by atoms with E-state index in [1.54, 1.807) is 6.92 Å². The average Bonchev–Trinajstić information content (AvgIpc) is 2.87. The normalized spacial score (nSPS) is 18.3. The number of aliphatic hydroxyl groups excluding tert-OH is 6. The molecule has 0 aromatic heterocycles. The second-order valence-corrected chi connectivity index (χ2v) is 9.49. The third-order valence-electron chi connectivity index (χ3n) is 6.67. The van der Waals surface area contributed by atoms with E-state index >= 15 is 0 Å². The predicted molar refractivity (Wildman–Crippen MR) is 125 cm³/mol. The number of aryl methyl sites for hydroxylation is 1. The van der Waals surface area contributed by atoms with E-state index in [9.17, 15) is 51.9 Å². The Morgan fingerprint density at radius 3 is 1.66 bits per heavy atom. The molecule has 0 aliphatic carbocycles. The molecule has 0 heterocycles. The predicted octanol–water partition coefficient (Wildman–Crippen LogP) is 2.95. The molecule has 2 rings (SSSR count). The minimum Gasteiger partial charge on any atom is -0.394 e. The average molecular weight is 555 g/mol. The van der Waals surface area contributed by atoms with Gasteiger partial charge in [-0.3, -0.25) is 0 Å². The molecule has 0 aliphatic rings. The van der Waals surface area contributed by atoms with Gasteiger partial charge in [0.2, 0.25) is 0 Å². The van der Waals surface area contributed by atoms with Crippen LogP contribution in [0.25, 0.3) is 0 Å². The molecule has 0 amide bonds. The van der Waals surface area contributed by atoms with Crippen molar-refractivity contribution in [2.24, 2.45) is 11.8 Å². The van der Waals surface area contributed by atoms with Crippen LogP contribution in [0, 0.1) is 11.8 Å². The fraction of sp³-hybridized carbons (Fsp3) is 0.538. The molecular weight excluding hydrogens is 522 g/mol. The first-order valence-corrected chi connectivity index (χ1v) is 11.9. The lowest BCUT2D eigenvalue weighted by Crippen LogP contribution is -2.52. The third kappa shape index (κ3) is 8.65. The molecule has 0 spiro atoms. The highest BCUT2D eigenvalue weighted by molar-refractivity contribution is 5.27. The Morgan fingerprint density at radius 1 is 0.684 bits per heavy atom. The zero-order chi connectivity index (χ0) is 28.8. The van der Waals surface area contributed by atoms with Crippen molar-refractivity contribution < 1.29 is 57.0 Å². The van der Waals surface area contributed by atoms with Crippen LogP contribution in [0.1, 0.15) is 35.6 Å². The summed E-state index contributed by atoms with van der Waals surface area (Å²) in [6, 6.07) is 8.87. The summed E-state index contributed by atoms with van der Waals surface area (Å²) < 4.78 is 78.8. The molecule has 7 atom stereocenters. The van der Waals surface area contributed by atoms with Crippen molar-refractivity contribution in [3.05, 3.63) is 70.8 Å². The Labute approximate surface area is 215 Å². The van der Waals surface area contributed by atoms with Crippen LogP contribution in [0.5, 0.6) is 0 Å². The van der Waals surface area contributed by atoms with Gasteiger partial charge in [-0.05, 0) is 54.4 Å². The van der Waals surface area contributed by atoms with Crippen LogP contribution in [0.4, 0.5) is 26.3 Å². The topological polar surface area (TPSA) is 121 Å². The molecule has 0 saturated carbocycles. The van der Waals surface area contributed by atoms with Gasteiger partial charge in [-0.15, -0.1) is 0 Å². The summed E-state index contributed by atoms with van der Waals surface area (Å²) in [7, 11) is 0. The second kappa shape index (κ2) is 13.2. The van der Waals surface area contributed by atoms with Gasteiger partial charge in [0, 0.05) is 0 Å². The molecule has 12 heteroatoms. The highest BCUT2D eigenvalue weighted by atomic mass is 19.4. The first-order valence-electron chi connectivity index (χ1n) is 11.9. The summed E-state index contributed by atoms with van der Waals surface area (Å²) in [6.07, 6.45) is -19.0. The number of aliphatic hydroxyl groups is 6. The third-order valence-corrected chi connectivity index (χ3v) is 6.67. The minimum atomic E-state index is -4.64. The number of alkyl halides is 6. The first kappa shape index (κ1) is 32.0. The van der Waals surface area contributed by atoms with Gasteiger partial charge in [0.15, 0.2) is 0 Å². The van der Waals surface area contributed by atoms with Gasteiger partial charge >= 0.3 is 12.4 Å². The molecule has 2 aromatic rings. The molecule has 0 aliphatic heterocycles. The largest absolute Gasteiger partial charge is 0.416 e. The molecule has 6 N–H and O–H groups in total. The summed E-state index contributed by atoms with van der Waals surface area (Å²) in [6.45, 7) is 0.634. The van der Waals surface area contributed by atoms with E-state index in [1.165, 1.54) is 24.3 Å². The lowest BCUT2D eigenvalue weighted by molar-refractivity contribution is -0.152. The highest BCUT2D eigenvalue weighted by Gasteiger charge is 2.39. The quantitative estimate of drug-likeness (QED) is 0.225. The molecule has 38 heavy (non-hydrogen) atoms. The maximum absolute atomic E-state index is 13.2. The van der Waals surface area contributed by atoms with Crippen molar-refractivity contribution in [2.45, 2.75) is 69.1 Å². The monoisotopic (exact) mass is 554 g/mol. The van der Waals surface area contributed by atoms with Gasteiger partial charge in [-0.1, -0.05) is 43.3 Å². The first-order chi connectivity index (χ1) is 17.6. The van der Waals surface area contributed by atoms with Crippen LogP contribution in [-0.2, 0) is 25.2 Å². The lowest BCUT2D eigenvalue weighted by Gasteiger charge is -2.35. The van der Waals surface area contributed by atoms with E-state index in [0.717, 1.165) is 24.3 Å². The molecule has 214 valence electrons. The Hall–Kier alpha value is -2.22. The van der Waals surface area contributed by atoms with Crippen molar-refractivity contribution in [1.29, 1.82) is 0 Å². The van der Waals surface area contributed by atoms with E-state index in [0.29, 0.717) is 5.56 Å². The van der Waals surface area contributed by atoms with Gasteiger partial charge in [0.05, 0.1) is 23.8 Å². The van der Waals surface area contributed by atoms with Crippen molar-refractivity contribution >= 4 is 0 Å². The van der Waals surface area contributed by atoms with Gasteiger partial charge in [0.1, 0.15) is 24.4 Å². The summed E-state index contributed by atoms with van der Waals surface area (Å²) >= 11 is 0. The Morgan fingerprint density at radius 2 is 1.16 bits per heavy atom. The van der Waals surface area contributed by atoms with E-state index in [2.05, 4.69) is 0 Å². The molecule has 6 nitrogen and oxygen atoms in total. The fourth-order valence-electron chi connectivity index (χ4n) is 4.31. The van der Waals surface area contributed by atoms with Crippen molar-refractivity contribution in [2.75, 3.05) is 6.61 Å². The number of halogens is 6. The Kier molecular flexibility index (Phi) is 11.1. The highest BCUT2D eigenvalue weighted by Crippen LogP contribution is 2.34. The van der Waals surface area contributed by atoms with Crippen molar-refractivity contribution in [1.82, 2.24) is 0 Å². The van der Waals surface area contributed by atoms with Crippen LogP contribution >= 0.6 is 0 Å². The van der Waals surface area contributed by atoms with E-state index in [-0.39, 0.29) is 24.8 Å². The van der Waals surface area contributed by atoms with E-state index < -0.39 is 72.4 Å². The summed E-state index contributed by atoms with van der Waals surface area (Å²) in [5.74, 6) is -1.62. The van der Waals surface area contributed by atoms with Crippen LogP contribution < -0.4 is 0 Å². The fourth-order valence-corrected chi connectivity index (χ4v) is 4.31. The Balaban J connectivity index is 2.31. The SMILES string of the molecule is CC(CCc1cccc(C(F)(F)F)c1)C(Cc1cccc(C(F)(F)F)c1)C(O)[C@@H](O)[C@@H](O)[C@H](O)[C@@H](O)CO. The number of hydrogen-bond donors (Lipinski definition) is 6. The molecule has 0 radical (unpaired) electrons. The summed E-state index contributed by atoms with van der Waals surface area (Å²) in [4.78, 5) is 0. The maximum Gasteiger partial charge on any atom is 0.416 e. The molecular formula is C26H32F6O6. The van der Waals surface area contributed by atoms with Gasteiger partial charge in [-0.2, -0.15) is 26.3 Å². The zero-order valence-corrected chi connectivity index (χ0v) is 20.4.